The average Bonchev–Trinajstić information content (AvgIpc) is 2.53. The van der Waals surface area contributed by atoms with Crippen LogP contribution in [0.1, 0.15) is 11.1 Å². The molecule has 1 N–H and O–H groups in total. The second-order valence-corrected chi connectivity index (χ2v) is 7.05. The summed E-state index contributed by atoms with van der Waals surface area (Å²) in [5, 5.41) is 2.17. The smallest absolute Gasteiger partial charge is 0.207 e. The van der Waals surface area contributed by atoms with Gasteiger partial charge in [0.25, 0.3) is 0 Å². The van der Waals surface area contributed by atoms with Gasteiger partial charge < -0.3 is 0 Å². The maximum Gasteiger partial charge on any atom is 0.240 e. The molecule has 0 fully saturated rings. The highest BCUT2D eigenvalue weighted by molar-refractivity contribution is 7.89. The van der Waals surface area contributed by atoms with Crippen LogP contribution in [0.3, 0.4) is 0 Å². The molecule has 3 aromatic carbocycles. The van der Waals surface area contributed by atoms with Crippen molar-refractivity contribution in [2.24, 2.45) is 0 Å². The van der Waals surface area contributed by atoms with Crippen LogP contribution in [0.2, 0.25) is 0 Å². The third-order valence-corrected chi connectivity index (χ3v) is 5.03. The first-order valence-electron chi connectivity index (χ1n) is 7.09. The lowest BCUT2D eigenvalue weighted by molar-refractivity contribution is 0.581. The second-order valence-electron chi connectivity index (χ2n) is 5.28. The number of hydrogen-bond donors (Lipinski definition) is 1. The number of fused-ring (bicyclic) bond motifs is 1. The molecular formula is C18H17NO2S. The average molecular weight is 311 g/mol. The zero-order chi connectivity index (χ0) is 15.6. The Morgan fingerprint density at radius 1 is 0.909 bits per heavy atom. The monoisotopic (exact) mass is 311 g/mol. The Bertz CT molecular complexity index is 912. The fourth-order valence-electron chi connectivity index (χ4n) is 2.49. The van der Waals surface area contributed by atoms with E-state index in [1.54, 1.807) is 18.2 Å². The van der Waals surface area contributed by atoms with E-state index in [0.29, 0.717) is 4.90 Å². The van der Waals surface area contributed by atoms with Crippen molar-refractivity contribution in [2.75, 3.05) is 0 Å². The highest BCUT2D eigenvalue weighted by Crippen LogP contribution is 2.19. The summed E-state index contributed by atoms with van der Waals surface area (Å²) >= 11 is 0. The van der Waals surface area contributed by atoms with Crippen molar-refractivity contribution in [3.05, 3.63) is 77.9 Å². The van der Waals surface area contributed by atoms with Gasteiger partial charge in [0, 0.05) is 6.54 Å². The van der Waals surface area contributed by atoms with Gasteiger partial charge in [0.05, 0.1) is 4.90 Å². The first-order valence-corrected chi connectivity index (χ1v) is 8.57. The van der Waals surface area contributed by atoms with E-state index in [1.807, 2.05) is 55.5 Å². The van der Waals surface area contributed by atoms with Crippen LogP contribution in [0.15, 0.2) is 71.6 Å². The summed E-state index contributed by atoms with van der Waals surface area (Å²) in [6.45, 7) is 2.15. The Morgan fingerprint density at radius 3 is 2.45 bits per heavy atom. The molecule has 0 saturated heterocycles. The van der Waals surface area contributed by atoms with Gasteiger partial charge in [-0.15, -0.1) is 0 Å². The van der Waals surface area contributed by atoms with Crippen molar-refractivity contribution < 1.29 is 8.42 Å². The summed E-state index contributed by atoms with van der Waals surface area (Å²) in [5.74, 6) is 0. The molecular weight excluding hydrogens is 294 g/mol. The molecule has 0 amide bonds. The van der Waals surface area contributed by atoms with Crippen molar-refractivity contribution in [1.82, 2.24) is 4.72 Å². The molecule has 3 rings (SSSR count). The van der Waals surface area contributed by atoms with Crippen LogP contribution in [0.5, 0.6) is 0 Å². The van der Waals surface area contributed by atoms with Crippen molar-refractivity contribution in [2.45, 2.75) is 18.4 Å². The largest absolute Gasteiger partial charge is 0.240 e. The standard InChI is InChI=1S/C18H17NO2S/c1-14-6-4-10-17(12-14)22(20,21)19-13-16-9-5-8-15-7-2-3-11-18(15)16/h2-12,19H,13H2,1H3. The molecule has 22 heavy (non-hydrogen) atoms. The van der Waals surface area contributed by atoms with Gasteiger partial charge in [-0.3, -0.25) is 0 Å². The minimum Gasteiger partial charge on any atom is -0.207 e. The summed E-state index contributed by atoms with van der Waals surface area (Å²) in [6, 6.07) is 20.8. The molecule has 4 heteroatoms. The first-order chi connectivity index (χ1) is 10.6. The highest BCUT2D eigenvalue weighted by atomic mass is 32.2. The zero-order valence-electron chi connectivity index (χ0n) is 12.3. The summed E-state index contributed by atoms with van der Waals surface area (Å²) in [7, 11) is -3.50. The lowest BCUT2D eigenvalue weighted by atomic mass is 10.1. The van der Waals surface area contributed by atoms with Crippen LogP contribution in [0.25, 0.3) is 10.8 Å². The minimum absolute atomic E-state index is 0.275. The number of rotatable bonds is 4. The molecule has 0 radical (unpaired) electrons. The van der Waals surface area contributed by atoms with Gasteiger partial charge in [0.1, 0.15) is 0 Å². The molecule has 0 heterocycles. The molecule has 3 aromatic rings. The number of benzene rings is 3. The number of aryl methyl sites for hydroxylation is 1. The van der Waals surface area contributed by atoms with Crippen molar-refractivity contribution in [1.29, 1.82) is 0 Å². The predicted molar refractivity (Wildman–Crippen MR) is 89.2 cm³/mol. The van der Waals surface area contributed by atoms with Crippen LogP contribution in [-0.4, -0.2) is 8.42 Å². The van der Waals surface area contributed by atoms with Gasteiger partial charge in [-0.2, -0.15) is 0 Å². The summed E-state index contributed by atoms with van der Waals surface area (Å²) in [5.41, 5.74) is 1.89. The van der Waals surface area contributed by atoms with Gasteiger partial charge in [0.15, 0.2) is 0 Å². The third-order valence-electron chi connectivity index (χ3n) is 3.63. The van der Waals surface area contributed by atoms with E-state index in [4.69, 9.17) is 0 Å². The fourth-order valence-corrected chi connectivity index (χ4v) is 3.60. The number of hydrogen-bond acceptors (Lipinski definition) is 2. The second kappa shape index (κ2) is 5.91. The molecule has 0 aliphatic heterocycles. The predicted octanol–water partition coefficient (Wildman–Crippen LogP) is 3.63. The Hall–Kier alpha value is -2.17. The molecule has 0 aromatic heterocycles. The molecule has 112 valence electrons. The van der Waals surface area contributed by atoms with Gasteiger partial charge in [-0.25, -0.2) is 13.1 Å². The van der Waals surface area contributed by atoms with Gasteiger partial charge in [-0.05, 0) is 41.0 Å². The van der Waals surface area contributed by atoms with Crippen LogP contribution >= 0.6 is 0 Å². The van der Waals surface area contributed by atoms with Crippen LogP contribution < -0.4 is 4.72 Å². The van der Waals surface area contributed by atoms with E-state index in [9.17, 15) is 8.42 Å². The maximum atomic E-state index is 12.4. The normalized spacial score (nSPS) is 11.7. The zero-order valence-corrected chi connectivity index (χ0v) is 13.1. The van der Waals surface area contributed by atoms with E-state index < -0.39 is 10.0 Å². The summed E-state index contributed by atoms with van der Waals surface area (Å²) in [6.07, 6.45) is 0. The molecule has 0 bridgehead atoms. The molecule has 0 saturated carbocycles. The van der Waals surface area contributed by atoms with E-state index in [2.05, 4.69) is 4.72 Å². The minimum atomic E-state index is -3.50. The van der Waals surface area contributed by atoms with Gasteiger partial charge >= 0.3 is 0 Å². The van der Waals surface area contributed by atoms with Crippen LogP contribution in [-0.2, 0) is 16.6 Å². The molecule has 0 spiro atoms. The van der Waals surface area contributed by atoms with Crippen molar-refractivity contribution in [3.8, 4) is 0 Å². The topological polar surface area (TPSA) is 46.2 Å². The SMILES string of the molecule is Cc1cccc(S(=O)(=O)NCc2cccc3ccccc23)c1. The van der Waals surface area contributed by atoms with Crippen LogP contribution in [0.4, 0.5) is 0 Å². The lowest BCUT2D eigenvalue weighted by Gasteiger charge is -2.09. The summed E-state index contributed by atoms with van der Waals surface area (Å²) < 4.78 is 27.4. The molecule has 0 aliphatic rings. The fraction of sp³-hybridized carbons (Fsp3) is 0.111. The van der Waals surface area contributed by atoms with Crippen molar-refractivity contribution >= 4 is 20.8 Å². The number of sulfonamides is 1. The maximum absolute atomic E-state index is 12.4. The molecule has 0 atom stereocenters. The Kier molecular flexibility index (Phi) is 3.96. The van der Waals surface area contributed by atoms with E-state index in [1.165, 1.54) is 0 Å². The Balaban J connectivity index is 1.88. The first kappa shape index (κ1) is 14.8. The van der Waals surface area contributed by atoms with Crippen LogP contribution in [0, 0.1) is 6.92 Å². The third kappa shape index (κ3) is 3.03. The van der Waals surface area contributed by atoms with E-state index in [-0.39, 0.29) is 6.54 Å². The molecule has 0 aliphatic carbocycles. The van der Waals surface area contributed by atoms with Gasteiger partial charge in [-0.1, -0.05) is 54.6 Å². The quantitative estimate of drug-likeness (QED) is 0.800. The Morgan fingerprint density at radius 2 is 1.64 bits per heavy atom. The summed E-state index contributed by atoms with van der Waals surface area (Å²) in [4.78, 5) is 0.299. The lowest BCUT2D eigenvalue weighted by Crippen LogP contribution is -2.23. The van der Waals surface area contributed by atoms with E-state index >= 15 is 0 Å². The number of nitrogens with one attached hydrogen (secondary N) is 1. The molecule has 3 nitrogen and oxygen atoms in total. The Labute approximate surface area is 130 Å². The molecule has 0 unspecified atom stereocenters. The van der Waals surface area contributed by atoms with E-state index in [0.717, 1.165) is 21.9 Å². The van der Waals surface area contributed by atoms with Crippen molar-refractivity contribution in [3.63, 3.8) is 0 Å². The van der Waals surface area contributed by atoms with Gasteiger partial charge in [0.2, 0.25) is 10.0 Å². The highest BCUT2D eigenvalue weighted by Gasteiger charge is 2.14.